The molecule has 0 radical (unpaired) electrons. The van der Waals surface area contributed by atoms with E-state index in [-0.39, 0.29) is 10.8 Å². The lowest BCUT2D eigenvalue weighted by atomic mass is 9.92. The van der Waals surface area contributed by atoms with Crippen LogP contribution in [0.5, 0.6) is 0 Å². The summed E-state index contributed by atoms with van der Waals surface area (Å²) >= 11 is 0. The van der Waals surface area contributed by atoms with Crippen LogP contribution in [-0.2, 0) is 14.8 Å². The van der Waals surface area contributed by atoms with E-state index in [0.717, 1.165) is 13.1 Å². The largest absolute Gasteiger partial charge is 0.327 e. The van der Waals surface area contributed by atoms with E-state index in [9.17, 15) is 13.2 Å². The molecule has 6 nitrogen and oxygen atoms in total. The van der Waals surface area contributed by atoms with E-state index in [4.69, 9.17) is 0 Å². The Morgan fingerprint density at radius 1 is 1.19 bits per heavy atom. The number of carbonyl (C=O) groups excluding carboxylic acids is 1. The van der Waals surface area contributed by atoms with E-state index >= 15 is 0 Å². The lowest BCUT2D eigenvalue weighted by Crippen LogP contribution is -3.15. The van der Waals surface area contributed by atoms with Crippen LogP contribution >= 0.6 is 0 Å². The van der Waals surface area contributed by atoms with Gasteiger partial charge in [0.05, 0.1) is 18.0 Å². The van der Waals surface area contributed by atoms with Gasteiger partial charge in [-0.2, -0.15) is 4.31 Å². The maximum Gasteiger partial charge on any atom is 0.279 e. The number of hydrogen-bond acceptors (Lipinski definition) is 3. The van der Waals surface area contributed by atoms with E-state index in [1.165, 1.54) is 15.6 Å². The van der Waals surface area contributed by atoms with Crippen LogP contribution in [0, 0.1) is 11.8 Å². The van der Waals surface area contributed by atoms with Crippen molar-refractivity contribution in [2.24, 2.45) is 11.8 Å². The lowest BCUT2D eigenvalue weighted by Gasteiger charge is -2.31. The number of quaternary nitrogens is 1. The Labute approximate surface area is 157 Å². The number of rotatable bonds is 7. The number of anilines is 1. The summed E-state index contributed by atoms with van der Waals surface area (Å²) in [6, 6.07) is 6.52. The summed E-state index contributed by atoms with van der Waals surface area (Å²) in [5, 5.41) is 2.86. The number of nitrogens with zero attached hydrogens (tertiary/aromatic N) is 1. The Hall–Kier alpha value is -1.44. The van der Waals surface area contributed by atoms with Crippen molar-refractivity contribution in [3.05, 3.63) is 24.3 Å². The van der Waals surface area contributed by atoms with Gasteiger partial charge in [0.15, 0.2) is 6.54 Å². The quantitative estimate of drug-likeness (QED) is 0.745. The van der Waals surface area contributed by atoms with Crippen molar-refractivity contribution in [1.29, 1.82) is 0 Å². The molecule has 2 N–H and O–H groups in total. The molecule has 1 heterocycles. The smallest absolute Gasteiger partial charge is 0.279 e. The van der Waals surface area contributed by atoms with Gasteiger partial charge in [0.25, 0.3) is 5.91 Å². The minimum absolute atomic E-state index is 0.0707. The van der Waals surface area contributed by atoms with Crippen LogP contribution in [0.4, 0.5) is 5.69 Å². The predicted molar refractivity (Wildman–Crippen MR) is 104 cm³/mol. The Morgan fingerprint density at radius 3 is 2.38 bits per heavy atom. The van der Waals surface area contributed by atoms with Gasteiger partial charge in [0.2, 0.25) is 10.0 Å². The summed E-state index contributed by atoms with van der Waals surface area (Å²) in [6.07, 6.45) is 1.22. The number of piperidine rings is 1. The zero-order valence-corrected chi connectivity index (χ0v) is 17.1. The molecular formula is C19H32N3O3S+. The fraction of sp³-hybridized carbons (Fsp3) is 0.632. The highest BCUT2D eigenvalue weighted by Gasteiger charge is 2.27. The van der Waals surface area contributed by atoms with Crippen molar-refractivity contribution in [3.63, 3.8) is 0 Å². The van der Waals surface area contributed by atoms with Crippen molar-refractivity contribution in [1.82, 2.24) is 4.31 Å². The minimum atomic E-state index is -3.52. The molecule has 2 rings (SSSR count). The van der Waals surface area contributed by atoms with E-state index < -0.39 is 10.0 Å². The molecule has 0 bridgehead atoms. The zero-order valence-electron chi connectivity index (χ0n) is 16.3. The third-order valence-electron chi connectivity index (χ3n) is 4.95. The highest BCUT2D eigenvalue weighted by atomic mass is 32.2. The topological polar surface area (TPSA) is 70.9 Å². The van der Waals surface area contributed by atoms with Gasteiger partial charge >= 0.3 is 0 Å². The molecule has 1 aromatic carbocycles. The molecular weight excluding hydrogens is 350 g/mol. The van der Waals surface area contributed by atoms with Crippen LogP contribution in [0.25, 0.3) is 0 Å². The van der Waals surface area contributed by atoms with Crippen molar-refractivity contribution in [2.75, 3.05) is 38.0 Å². The van der Waals surface area contributed by atoms with Gasteiger partial charge < -0.3 is 10.2 Å². The third kappa shape index (κ3) is 5.28. The normalized spacial score (nSPS) is 23.8. The van der Waals surface area contributed by atoms with Gasteiger partial charge in [0, 0.05) is 30.6 Å². The van der Waals surface area contributed by atoms with E-state index in [1.807, 2.05) is 13.8 Å². The first-order valence-corrected chi connectivity index (χ1v) is 10.9. The number of sulfonamides is 1. The molecule has 7 heteroatoms. The number of amides is 1. The van der Waals surface area contributed by atoms with Crippen LogP contribution in [0.1, 0.15) is 34.1 Å². The number of carbonyl (C=O) groups is 1. The summed E-state index contributed by atoms with van der Waals surface area (Å²) in [6.45, 7) is 11.4. The highest BCUT2D eigenvalue weighted by Crippen LogP contribution is 2.19. The molecule has 2 atom stereocenters. The maximum absolute atomic E-state index is 12.6. The Kier molecular flexibility index (Phi) is 7.20. The molecule has 0 aromatic heterocycles. The average molecular weight is 383 g/mol. The van der Waals surface area contributed by atoms with Crippen LogP contribution in [0.3, 0.4) is 0 Å². The van der Waals surface area contributed by atoms with Crippen LogP contribution in [0.15, 0.2) is 29.2 Å². The lowest BCUT2D eigenvalue weighted by molar-refractivity contribution is -0.904. The summed E-state index contributed by atoms with van der Waals surface area (Å²) < 4.78 is 26.7. The molecule has 1 amide bonds. The van der Waals surface area contributed by atoms with E-state index in [2.05, 4.69) is 19.2 Å². The molecule has 1 aliphatic rings. The summed E-state index contributed by atoms with van der Waals surface area (Å²) in [5.74, 6) is 1.19. The molecule has 0 spiro atoms. The molecule has 26 heavy (non-hydrogen) atoms. The van der Waals surface area contributed by atoms with Crippen molar-refractivity contribution in [2.45, 2.75) is 39.0 Å². The molecule has 1 fully saturated rings. The predicted octanol–water partition coefficient (Wildman–Crippen LogP) is 1.22. The second-order valence-electron chi connectivity index (χ2n) is 7.45. The summed E-state index contributed by atoms with van der Waals surface area (Å²) in [4.78, 5) is 13.9. The number of likely N-dealkylation sites (tertiary alicyclic amines) is 1. The highest BCUT2D eigenvalue weighted by molar-refractivity contribution is 7.89. The molecule has 1 aliphatic heterocycles. The standard InChI is InChI=1S/C19H31N3O3S/c1-5-22(6-2)26(24,25)18-9-7-8-17(11-18)20-19(23)14-21-12-15(3)10-16(4)13-21/h7-9,11,15-16H,5-6,10,12-14H2,1-4H3,(H,20,23)/p+1/t15-,16-/m0/s1. The van der Waals surface area contributed by atoms with Crippen molar-refractivity contribution >= 4 is 21.6 Å². The van der Waals surface area contributed by atoms with Crippen LogP contribution in [0.2, 0.25) is 0 Å². The molecule has 0 aliphatic carbocycles. The number of nitrogens with one attached hydrogen (secondary N) is 2. The monoisotopic (exact) mass is 382 g/mol. The SMILES string of the molecule is CCN(CC)S(=O)(=O)c1cccc(NC(=O)C[NH+]2C[C@@H](C)C[C@H](C)C2)c1. The first-order chi connectivity index (χ1) is 12.3. The van der Waals surface area contributed by atoms with E-state index in [0.29, 0.717) is 37.2 Å². The Morgan fingerprint density at radius 2 is 1.81 bits per heavy atom. The Bertz CT molecular complexity index is 706. The minimum Gasteiger partial charge on any atom is -0.327 e. The summed E-state index contributed by atoms with van der Waals surface area (Å²) in [5.41, 5.74) is 0.528. The van der Waals surface area contributed by atoms with Gasteiger partial charge in [-0.25, -0.2) is 8.42 Å². The molecule has 0 unspecified atom stereocenters. The maximum atomic E-state index is 12.6. The first kappa shape index (κ1) is 20.9. The molecule has 0 saturated carbocycles. The molecule has 1 aromatic rings. The van der Waals surface area contributed by atoms with Gasteiger partial charge in [-0.3, -0.25) is 4.79 Å². The number of hydrogen-bond donors (Lipinski definition) is 2. The van der Waals surface area contributed by atoms with Crippen molar-refractivity contribution in [3.8, 4) is 0 Å². The number of benzene rings is 1. The second kappa shape index (κ2) is 8.97. The van der Waals surface area contributed by atoms with Gasteiger partial charge in [0.1, 0.15) is 0 Å². The summed E-state index contributed by atoms with van der Waals surface area (Å²) in [7, 11) is -3.52. The second-order valence-corrected chi connectivity index (χ2v) is 9.38. The van der Waals surface area contributed by atoms with Crippen molar-refractivity contribution < 1.29 is 18.1 Å². The Balaban J connectivity index is 2.05. The first-order valence-electron chi connectivity index (χ1n) is 9.49. The van der Waals surface area contributed by atoms with Gasteiger partial charge in [-0.1, -0.05) is 33.8 Å². The van der Waals surface area contributed by atoms with Gasteiger partial charge in [-0.05, 0) is 24.6 Å². The van der Waals surface area contributed by atoms with Gasteiger partial charge in [-0.15, -0.1) is 0 Å². The molecule has 146 valence electrons. The van der Waals surface area contributed by atoms with Crippen LogP contribution in [-0.4, -0.2) is 51.4 Å². The average Bonchev–Trinajstić information content (AvgIpc) is 2.54. The zero-order chi connectivity index (χ0) is 19.3. The third-order valence-corrected chi connectivity index (χ3v) is 7.00. The molecule has 1 saturated heterocycles. The van der Waals surface area contributed by atoms with E-state index in [1.54, 1.807) is 24.3 Å². The fourth-order valence-electron chi connectivity index (χ4n) is 3.95. The van der Waals surface area contributed by atoms with Crippen LogP contribution < -0.4 is 10.2 Å². The fourth-order valence-corrected chi connectivity index (χ4v) is 5.45.